The van der Waals surface area contributed by atoms with Gasteiger partial charge in [0, 0.05) is 23.3 Å². The van der Waals surface area contributed by atoms with Crippen molar-refractivity contribution in [2.45, 2.75) is 38.1 Å². The second-order valence-electron chi connectivity index (χ2n) is 6.53. The van der Waals surface area contributed by atoms with Gasteiger partial charge in [-0.05, 0) is 42.5 Å². The minimum Gasteiger partial charge on any atom is -0.478 e. The van der Waals surface area contributed by atoms with Crippen LogP contribution >= 0.6 is 0 Å². The molecule has 0 heterocycles. The Labute approximate surface area is 159 Å². The first kappa shape index (κ1) is 19.9. The Morgan fingerprint density at radius 2 is 1.79 bits per heavy atom. The highest BCUT2D eigenvalue weighted by atomic mass is 19.4. The highest BCUT2D eigenvalue weighted by molar-refractivity contribution is 6.09. The third kappa shape index (κ3) is 4.89. The molecule has 0 spiro atoms. The zero-order chi connectivity index (χ0) is 20.3. The highest BCUT2D eigenvalue weighted by Crippen LogP contribution is 2.31. The monoisotopic (exact) mass is 393 g/mol. The fraction of sp³-hybridized carbons (Fsp3) is 0.300. The third-order valence-corrected chi connectivity index (χ3v) is 4.59. The summed E-state index contributed by atoms with van der Waals surface area (Å²) in [6.45, 7) is 0. The van der Waals surface area contributed by atoms with Crippen LogP contribution < -0.4 is 5.32 Å². The summed E-state index contributed by atoms with van der Waals surface area (Å²) in [5.74, 6) is -1.52. The van der Waals surface area contributed by atoms with Crippen LogP contribution in [-0.4, -0.2) is 29.4 Å². The number of carbonyl (C=O) groups excluding carboxylic acids is 1. The quantitative estimate of drug-likeness (QED) is 0.776. The maximum atomic E-state index is 12.4. The van der Waals surface area contributed by atoms with E-state index in [0.717, 1.165) is 0 Å². The molecule has 0 aliphatic heterocycles. The van der Waals surface area contributed by atoms with Gasteiger partial charge in [-0.25, -0.2) is 4.79 Å². The molecule has 2 aliphatic carbocycles. The molecular weight excluding hydrogens is 375 g/mol. The number of hydrogen-bond acceptors (Lipinski definition) is 3. The second-order valence-corrected chi connectivity index (χ2v) is 6.53. The number of carbonyl (C=O) groups is 2. The van der Waals surface area contributed by atoms with Crippen molar-refractivity contribution in [3.8, 4) is 0 Å². The van der Waals surface area contributed by atoms with Crippen LogP contribution in [0.5, 0.6) is 0 Å². The van der Waals surface area contributed by atoms with Crippen LogP contribution in [0.4, 0.5) is 18.9 Å². The third-order valence-electron chi connectivity index (χ3n) is 4.59. The van der Waals surface area contributed by atoms with Crippen molar-refractivity contribution in [3.63, 3.8) is 0 Å². The van der Waals surface area contributed by atoms with Crippen LogP contribution in [0.2, 0.25) is 0 Å². The van der Waals surface area contributed by atoms with Gasteiger partial charge in [0.1, 0.15) is 0 Å². The summed E-state index contributed by atoms with van der Waals surface area (Å²) in [4.78, 5) is 23.5. The first-order valence-electron chi connectivity index (χ1n) is 8.72. The summed E-state index contributed by atoms with van der Waals surface area (Å²) in [5, 5.41) is 11.8. The van der Waals surface area contributed by atoms with Gasteiger partial charge in [0.25, 0.3) is 5.91 Å². The first-order chi connectivity index (χ1) is 13.2. The average molecular weight is 393 g/mol. The Kier molecular flexibility index (Phi) is 5.69. The number of halogens is 3. The number of allylic oxidation sites excluding steroid dienone is 2. The number of carboxylic acids is 1. The van der Waals surface area contributed by atoms with Crippen LogP contribution in [0, 0.1) is 0 Å². The van der Waals surface area contributed by atoms with Gasteiger partial charge in [0.15, 0.2) is 0 Å². The topological polar surface area (TPSA) is 75.6 Å². The number of ether oxygens (including phenoxy) is 1. The number of rotatable bonds is 5. The molecule has 1 atom stereocenters. The molecule has 0 bridgehead atoms. The van der Waals surface area contributed by atoms with Crippen molar-refractivity contribution >= 4 is 23.1 Å². The Hall–Kier alpha value is -2.87. The zero-order valence-electron chi connectivity index (χ0n) is 14.8. The van der Waals surface area contributed by atoms with Crippen molar-refractivity contribution in [2.24, 2.45) is 0 Å². The zero-order valence-corrected chi connectivity index (χ0v) is 14.8. The molecule has 8 heteroatoms. The molecule has 28 heavy (non-hydrogen) atoms. The lowest BCUT2D eigenvalue weighted by atomic mass is 9.95. The van der Waals surface area contributed by atoms with Crippen LogP contribution in [-0.2, 0) is 14.3 Å². The molecule has 0 radical (unpaired) electrons. The fourth-order valence-corrected chi connectivity index (χ4v) is 3.32. The Balaban J connectivity index is 1.66. The highest BCUT2D eigenvalue weighted by Gasteiger charge is 2.33. The van der Waals surface area contributed by atoms with Crippen LogP contribution in [0.25, 0.3) is 5.57 Å². The van der Waals surface area contributed by atoms with Crippen molar-refractivity contribution in [3.05, 3.63) is 59.2 Å². The second kappa shape index (κ2) is 8.02. The summed E-state index contributed by atoms with van der Waals surface area (Å²) in [7, 11) is 0. The lowest BCUT2D eigenvalue weighted by molar-refractivity contribution is -0.335. The smallest absolute Gasteiger partial charge is 0.478 e. The molecule has 2 aliphatic rings. The first-order valence-corrected chi connectivity index (χ1v) is 8.72. The Morgan fingerprint density at radius 1 is 1.11 bits per heavy atom. The summed E-state index contributed by atoms with van der Waals surface area (Å²) >= 11 is 0. The molecule has 148 valence electrons. The molecular formula is C20H18F3NO4. The standard InChI is InChI=1S/C20H18F3NO4/c21-20(22,23)28-15-4-1-3-13(11-15)12-7-9-14(10-8-12)24-18(25)16-5-2-6-17(16)19(26)27/h1,3-4,7-10,15H,2,5-6,11H2,(H,24,25)(H,26,27). The normalized spacial score (nSPS) is 19.5. The molecule has 2 N–H and O–H groups in total. The molecule has 1 unspecified atom stereocenters. The van der Waals surface area contributed by atoms with E-state index < -0.39 is 24.3 Å². The lowest BCUT2D eigenvalue weighted by Crippen LogP contribution is -2.23. The van der Waals surface area contributed by atoms with E-state index in [1.54, 1.807) is 30.3 Å². The number of carboxylic acid groups (broad SMARTS) is 1. The van der Waals surface area contributed by atoms with E-state index in [4.69, 9.17) is 5.11 Å². The lowest BCUT2D eigenvalue weighted by Gasteiger charge is -2.20. The minimum atomic E-state index is -4.70. The summed E-state index contributed by atoms with van der Waals surface area (Å²) < 4.78 is 41.2. The number of amides is 1. The number of hydrogen-bond donors (Lipinski definition) is 2. The van der Waals surface area contributed by atoms with E-state index in [-0.39, 0.29) is 17.6 Å². The van der Waals surface area contributed by atoms with Crippen molar-refractivity contribution in [2.75, 3.05) is 5.32 Å². The van der Waals surface area contributed by atoms with Gasteiger partial charge in [-0.1, -0.05) is 30.4 Å². The molecule has 5 nitrogen and oxygen atoms in total. The maximum absolute atomic E-state index is 12.4. The predicted octanol–water partition coefficient (Wildman–Crippen LogP) is 4.44. The minimum absolute atomic E-state index is 0.0799. The van der Waals surface area contributed by atoms with E-state index >= 15 is 0 Å². The van der Waals surface area contributed by atoms with Crippen molar-refractivity contribution in [1.29, 1.82) is 0 Å². The number of aliphatic carboxylic acids is 1. The molecule has 0 aromatic heterocycles. The Morgan fingerprint density at radius 3 is 2.43 bits per heavy atom. The fourth-order valence-electron chi connectivity index (χ4n) is 3.32. The molecule has 3 rings (SSSR count). The number of benzene rings is 1. The summed E-state index contributed by atoms with van der Waals surface area (Å²) in [6, 6.07) is 6.63. The Bertz CT molecular complexity index is 866. The number of nitrogens with one attached hydrogen (secondary N) is 1. The molecule has 1 aromatic carbocycles. The molecule has 1 amide bonds. The average Bonchev–Trinajstić information content (AvgIpc) is 3.11. The summed E-state index contributed by atoms with van der Waals surface area (Å²) in [6.07, 6.45) is 0.310. The van der Waals surface area contributed by atoms with E-state index in [1.807, 2.05) is 0 Å². The van der Waals surface area contributed by atoms with Gasteiger partial charge in [-0.3, -0.25) is 9.53 Å². The SMILES string of the molecule is O=C(O)C1=C(C(=O)Nc2ccc(C3=CC=CC(OC(F)(F)F)C3)cc2)CCC1. The van der Waals surface area contributed by atoms with Crippen LogP contribution in [0.1, 0.15) is 31.2 Å². The van der Waals surface area contributed by atoms with Crippen LogP contribution in [0.3, 0.4) is 0 Å². The number of anilines is 1. The molecule has 0 fully saturated rings. The van der Waals surface area contributed by atoms with Gasteiger partial charge in [0.2, 0.25) is 0 Å². The van der Waals surface area contributed by atoms with E-state index in [2.05, 4.69) is 10.1 Å². The molecule has 1 aromatic rings. The van der Waals surface area contributed by atoms with Crippen LogP contribution in [0.15, 0.2) is 53.6 Å². The van der Waals surface area contributed by atoms with Crippen molar-refractivity contribution in [1.82, 2.24) is 0 Å². The number of alkyl halides is 3. The van der Waals surface area contributed by atoms with E-state index in [0.29, 0.717) is 36.1 Å². The van der Waals surface area contributed by atoms with Gasteiger partial charge >= 0.3 is 12.3 Å². The van der Waals surface area contributed by atoms with Gasteiger partial charge < -0.3 is 10.4 Å². The molecule has 0 saturated heterocycles. The van der Waals surface area contributed by atoms with Gasteiger partial charge in [-0.15, -0.1) is 13.2 Å². The predicted molar refractivity (Wildman–Crippen MR) is 96.2 cm³/mol. The van der Waals surface area contributed by atoms with Gasteiger partial charge in [0.05, 0.1) is 6.10 Å². The summed E-state index contributed by atoms with van der Waals surface area (Å²) in [5.41, 5.74) is 2.30. The van der Waals surface area contributed by atoms with Crippen molar-refractivity contribution < 1.29 is 32.6 Å². The maximum Gasteiger partial charge on any atom is 0.523 e. The van der Waals surface area contributed by atoms with E-state index in [1.165, 1.54) is 12.2 Å². The largest absolute Gasteiger partial charge is 0.523 e. The van der Waals surface area contributed by atoms with E-state index in [9.17, 15) is 22.8 Å². The van der Waals surface area contributed by atoms with Gasteiger partial charge in [-0.2, -0.15) is 0 Å². The molecule has 0 saturated carbocycles.